The largest absolute Gasteiger partial charge is 0.493 e. The molecular weight excluding hydrogens is 497 g/mol. The molecule has 5 rings (SSSR count). The average Bonchev–Trinajstić information content (AvgIpc) is 2.91. The Kier molecular flexibility index (Phi) is 6.01. The molecule has 0 fully saturated rings. The van der Waals surface area contributed by atoms with Crippen LogP contribution in [-0.4, -0.2) is 22.6 Å². The Morgan fingerprint density at radius 3 is 2.43 bits per heavy atom. The third-order valence-corrected chi connectivity index (χ3v) is 8.22. The summed E-state index contributed by atoms with van der Waals surface area (Å²) in [6.45, 7) is -0.0594. The van der Waals surface area contributed by atoms with Crippen LogP contribution in [0.5, 0.6) is 11.5 Å². The van der Waals surface area contributed by atoms with E-state index in [2.05, 4.69) is 0 Å². The van der Waals surface area contributed by atoms with Crippen LogP contribution in [0.1, 0.15) is 22.6 Å². The van der Waals surface area contributed by atoms with Gasteiger partial charge in [-0.05, 0) is 47.5 Å². The zero-order valence-electron chi connectivity index (χ0n) is 19.9. The van der Waals surface area contributed by atoms with Crippen LogP contribution in [0.15, 0.2) is 83.1 Å². The number of methoxy groups -OCH3 is 2. The minimum absolute atomic E-state index is 0.0457. The maximum absolute atomic E-state index is 14.3. The van der Waals surface area contributed by atoms with Crippen molar-refractivity contribution < 1.29 is 27.0 Å². The summed E-state index contributed by atoms with van der Waals surface area (Å²) in [7, 11) is -1.31. The molecule has 0 saturated heterocycles. The molecule has 188 valence electrons. The van der Waals surface area contributed by atoms with Gasteiger partial charge in [0, 0.05) is 5.56 Å². The highest BCUT2D eigenvalue weighted by Crippen LogP contribution is 2.52. The molecule has 2 N–H and O–H groups in total. The first-order chi connectivity index (χ1) is 17.8. The molecule has 0 aromatic heterocycles. The first-order valence-electron chi connectivity index (χ1n) is 11.2. The lowest BCUT2D eigenvalue weighted by molar-refractivity contribution is 0.352. The summed E-state index contributed by atoms with van der Waals surface area (Å²) in [5.74, 6) is -0.814. The quantitative estimate of drug-likeness (QED) is 0.532. The van der Waals surface area contributed by atoms with Crippen molar-refractivity contribution in [2.75, 3.05) is 18.5 Å². The predicted molar refractivity (Wildman–Crippen MR) is 135 cm³/mol. The van der Waals surface area contributed by atoms with Crippen LogP contribution in [0.3, 0.4) is 0 Å². The minimum atomic E-state index is -4.26. The Balaban J connectivity index is 1.75. The van der Waals surface area contributed by atoms with E-state index in [1.54, 1.807) is 42.5 Å². The van der Waals surface area contributed by atoms with Crippen molar-refractivity contribution in [2.24, 2.45) is 5.73 Å². The van der Waals surface area contributed by atoms with Crippen LogP contribution >= 0.6 is 0 Å². The summed E-state index contributed by atoms with van der Waals surface area (Å²) in [5, 5.41) is 10.0. The molecule has 37 heavy (non-hydrogen) atoms. The number of nitrogens with zero attached hydrogens (tertiary/aromatic N) is 2. The van der Waals surface area contributed by atoms with Crippen molar-refractivity contribution >= 4 is 21.5 Å². The maximum atomic E-state index is 14.3. The van der Waals surface area contributed by atoms with E-state index in [1.165, 1.54) is 42.8 Å². The number of nitrogens with two attached hydrogens (primary N) is 1. The first-order valence-corrected chi connectivity index (χ1v) is 12.6. The number of hydrogen-bond acceptors (Lipinski definition) is 7. The fourth-order valence-corrected chi connectivity index (χ4v) is 6.51. The molecule has 2 aliphatic rings. The van der Waals surface area contributed by atoms with Crippen molar-refractivity contribution in [3.63, 3.8) is 0 Å². The SMILES string of the molecule is COc1ccc([C@H]2C(C#N)=C(N)OC3=C2S(=O)(=O)N(Cc2ccc(F)cc2)c2ccccc23)cc1OC. The second-order valence-corrected chi connectivity index (χ2v) is 10.2. The van der Waals surface area contributed by atoms with Gasteiger partial charge < -0.3 is 19.9 Å². The molecular formula is C27H22FN3O5S. The normalized spacial score (nSPS) is 17.9. The summed E-state index contributed by atoms with van der Waals surface area (Å²) < 4.78 is 59.9. The van der Waals surface area contributed by atoms with Gasteiger partial charge in [0.1, 0.15) is 22.4 Å². The average molecular weight is 520 g/mol. The van der Waals surface area contributed by atoms with Crippen LogP contribution in [0.2, 0.25) is 0 Å². The van der Waals surface area contributed by atoms with E-state index < -0.39 is 21.8 Å². The van der Waals surface area contributed by atoms with E-state index >= 15 is 0 Å². The van der Waals surface area contributed by atoms with E-state index in [1.807, 2.05) is 6.07 Å². The van der Waals surface area contributed by atoms with Gasteiger partial charge in [0.25, 0.3) is 10.0 Å². The van der Waals surface area contributed by atoms with Gasteiger partial charge in [-0.2, -0.15) is 5.26 Å². The lowest BCUT2D eigenvalue weighted by Crippen LogP contribution is -2.39. The Hall–Kier alpha value is -4.49. The number of ether oxygens (including phenoxy) is 3. The molecule has 2 heterocycles. The highest BCUT2D eigenvalue weighted by Gasteiger charge is 2.47. The molecule has 1 atom stereocenters. The number of hydrogen-bond donors (Lipinski definition) is 1. The molecule has 0 radical (unpaired) electrons. The molecule has 3 aromatic rings. The molecule has 8 nitrogen and oxygen atoms in total. The van der Waals surface area contributed by atoms with Gasteiger partial charge in [0.2, 0.25) is 5.88 Å². The number of para-hydroxylation sites is 1. The number of fused-ring (bicyclic) bond motifs is 2. The summed E-state index contributed by atoms with van der Waals surface area (Å²) in [6, 6.07) is 19.4. The van der Waals surface area contributed by atoms with Gasteiger partial charge in [-0.15, -0.1) is 0 Å². The Bertz CT molecular complexity index is 1610. The number of anilines is 1. The lowest BCUT2D eigenvalue weighted by atomic mass is 9.88. The van der Waals surface area contributed by atoms with Crippen molar-refractivity contribution in [1.29, 1.82) is 5.26 Å². The van der Waals surface area contributed by atoms with E-state index in [9.17, 15) is 18.1 Å². The Morgan fingerprint density at radius 2 is 1.76 bits per heavy atom. The standard InChI is InChI=1S/C27H22FN3O5S/c1-34-22-12-9-17(13-23(22)35-2)24-20(14-29)27(30)36-25-19-5-3-4-6-21(19)31(37(32,33)26(24)25)15-16-7-10-18(28)11-8-16/h3-13,24H,15,30H2,1-2H3/t24-/m0/s1. The number of sulfonamides is 1. The second kappa shape index (κ2) is 9.19. The van der Waals surface area contributed by atoms with Crippen LogP contribution in [0.25, 0.3) is 5.76 Å². The molecule has 0 saturated carbocycles. The van der Waals surface area contributed by atoms with Gasteiger partial charge >= 0.3 is 0 Å². The van der Waals surface area contributed by atoms with Crippen molar-refractivity contribution in [2.45, 2.75) is 12.5 Å². The molecule has 0 aliphatic carbocycles. The number of rotatable bonds is 5. The summed E-state index contributed by atoms with van der Waals surface area (Å²) >= 11 is 0. The van der Waals surface area contributed by atoms with Crippen LogP contribution in [-0.2, 0) is 21.3 Å². The summed E-state index contributed by atoms with van der Waals surface area (Å²) in [5.41, 5.74) is 8.04. The number of halogens is 1. The fraction of sp³-hybridized carbons (Fsp3) is 0.148. The van der Waals surface area contributed by atoms with Gasteiger partial charge in [-0.3, -0.25) is 4.31 Å². The van der Waals surface area contributed by atoms with Crippen LogP contribution in [0, 0.1) is 17.1 Å². The Morgan fingerprint density at radius 1 is 1.05 bits per heavy atom. The topological polar surface area (TPSA) is 115 Å². The van der Waals surface area contributed by atoms with E-state index in [4.69, 9.17) is 19.9 Å². The number of nitriles is 1. The molecule has 10 heteroatoms. The van der Waals surface area contributed by atoms with Crippen molar-refractivity contribution in [3.05, 3.63) is 106 Å². The lowest BCUT2D eigenvalue weighted by Gasteiger charge is -2.38. The minimum Gasteiger partial charge on any atom is -0.493 e. The summed E-state index contributed by atoms with van der Waals surface area (Å²) in [6.07, 6.45) is 0. The number of allylic oxidation sites excluding steroid dienone is 2. The van der Waals surface area contributed by atoms with E-state index in [-0.39, 0.29) is 28.7 Å². The van der Waals surface area contributed by atoms with Gasteiger partial charge in [0.05, 0.1) is 32.4 Å². The van der Waals surface area contributed by atoms with Crippen LogP contribution in [0.4, 0.5) is 10.1 Å². The van der Waals surface area contributed by atoms with Gasteiger partial charge in [0.15, 0.2) is 17.3 Å². The molecule has 2 aliphatic heterocycles. The molecule has 3 aromatic carbocycles. The van der Waals surface area contributed by atoms with Crippen molar-refractivity contribution in [1.82, 2.24) is 0 Å². The zero-order valence-corrected chi connectivity index (χ0v) is 20.8. The molecule has 0 spiro atoms. The van der Waals surface area contributed by atoms with Crippen molar-refractivity contribution in [3.8, 4) is 17.6 Å². The predicted octanol–water partition coefficient (Wildman–Crippen LogP) is 4.37. The fourth-order valence-electron chi connectivity index (χ4n) is 4.60. The third kappa shape index (κ3) is 3.93. The van der Waals surface area contributed by atoms with Gasteiger partial charge in [-0.1, -0.05) is 30.3 Å². The zero-order chi connectivity index (χ0) is 26.3. The maximum Gasteiger partial charge on any atom is 0.265 e. The Labute approximate surface area is 213 Å². The smallest absolute Gasteiger partial charge is 0.265 e. The van der Waals surface area contributed by atoms with Gasteiger partial charge in [-0.25, -0.2) is 12.8 Å². The molecule has 0 amide bonds. The third-order valence-electron chi connectivity index (χ3n) is 6.34. The second-order valence-electron chi connectivity index (χ2n) is 8.39. The van der Waals surface area contributed by atoms with Crippen LogP contribution < -0.4 is 19.5 Å². The molecule has 0 unspecified atom stereocenters. The number of benzene rings is 3. The monoisotopic (exact) mass is 519 g/mol. The highest BCUT2D eigenvalue weighted by atomic mass is 32.2. The van der Waals surface area contributed by atoms with E-state index in [0.29, 0.717) is 33.9 Å². The molecule has 0 bridgehead atoms. The first kappa shape index (κ1) is 24.2. The van der Waals surface area contributed by atoms with E-state index in [0.717, 1.165) is 0 Å². The summed E-state index contributed by atoms with van der Waals surface area (Å²) in [4.78, 5) is -0.119. The highest BCUT2D eigenvalue weighted by molar-refractivity contribution is 7.96.